The van der Waals surface area contributed by atoms with Crippen molar-refractivity contribution in [1.29, 1.82) is 0 Å². The van der Waals surface area contributed by atoms with E-state index < -0.39 is 17.5 Å². The molecule has 0 bridgehead atoms. The molecule has 0 saturated heterocycles. The summed E-state index contributed by atoms with van der Waals surface area (Å²) in [6.07, 6.45) is 3.72. The van der Waals surface area contributed by atoms with Gasteiger partial charge in [-0.2, -0.15) is 0 Å². The number of carbonyl (C=O) groups excluding carboxylic acids is 3. The van der Waals surface area contributed by atoms with Crippen LogP contribution in [0.25, 0.3) is 0 Å². The topological polar surface area (TPSA) is 117 Å². The number of aromatic nitrogens is 2. The molecule has 0 unspecified atom stereocenters. The molecule has 0 aliphatic heterocycles. The van der Waals surface area contributed by atoms with Gasteiger partial charge in [-0.1, -0.05) is 47.9 Å². The Bertz CT molecular complexity index is 1230. The third-order valence-electron chi connectivity index (χ3n) is 5.96. The molecule has 196 valence electrons. The highest BCUT2D eigenvalue weighted by Gasteiger charge is 2.35. The van der Waals surface area contributed by atoms with Gasteiger partial charge in [0.2, 0.25) is 17.7 Å². The number of nitrogens with one attached hydrogen (secondary N) is 2. The first-order chi connectivity index (χ1) is 17.6. The number of hydrogen-bond acceptors (Lipinski definition) is 6. The molecule has 3 rings (SSSR count). The SMILES string of the molecule is CCC(C)(C)NC(=O)[C@@H](c1ccccc1Cl)N(Cc1cccnc1)C(=O)CCC(=O)Nc1cc(C)on1. The van der Waals surface area contributed by atoms with Gasteiger partial charge in [0.15, 0.2) is 5.82 Å². The molecule has 2 heterocycles. The van der Waals surface area contributed by atoms with Crippen LogP contribution in [0.15, 0.2) is 59.4 Å². The zero-order valence-electron chi connectivity index (χ0n) is 21.5. The predicted molar refractivity (Wildman–Crippen MR) is 141 cm³/mol. The quantitative estimate of drug-likeness (QED) is 0.370. The van der Waals surface area contributed by atoms with Crippen LogP contribution in [-0.4, -0.2) is 38.3 Å². The fourth-order valence-electron chi connectivity index (χ4n) is 3.64. The van der Waals surface area contributed by atoms with Gasteiger partial charge in [0, 0.05) is 54.0 Å². The second-order valence-corrected chi connectivity index (χ2v) is 9.81. The number of benzene rings is 1. The van der Waals surface area contributed by atoms with E-state index in [2.05, 4.69) is 20.8 Å². The minimum atomic E-state index is -1.02. The Morgan fingerprint density at radius 3 is 2.51 bits per heavy atom. The molecule has 9 nitrogen and oxygen atoms in total. The first-order valence-electron chi connectivity index (χ1n) is 12.1. The van der Waals surface area contributed by atoms with Crippen LogP contribution in [0.3, 0.4) is 0 Å². The number of amides is 3. The van der Waals surface area contributed by atoms with Gasteiger partial charge in [-0.3, -0.25) is 19.4 Å². The van der Waals surface area contributed by atoms with Gasteiger partial charge in [0.05, 0.1) is 0 Å². The Kier molecular flexibility index (Phi) is 9.41. The first-order valence-corrected chi connectivity index (χ1v) is 12.5. The van der Waals surface area contributed by atoms with E-state index in [0.29, 0.717) is 22.8 Å². The van der Waals surface area contributed by atoms with Gasteiger partial charge < -0.3 is 20.1 Å². The van der Waals surface area contributed by atoms with Gasteiger partial charge in [-0.25, -0.2) is 0 Å². The molecular formula is C27H32ClN5O4. The monoisotopic (exact) mass is 525 g/mol. The normalized spacial score (nSPS) is 12.0. The third-order valence-corrected chi connectivity index (χ3v) is 6.31. The second kappa shape index (κ2) is 12.5. The summed E-state index contributed by atoms with van der Waals surface area (Å²) in [5, 5.41) is 9.76. The molecule has 1 aromatic carbocycles. The number of carbonyl (C=O) groups is 3. The average Bonchev–Trinajstić information content (AvgIpc) is 3.27. The molecule has 0 aliphatic carbocycles. The smallest absolute Gasteiger partial charge is 0.247 e. The van der Waals surface area contributed by atoms with Crippen LogP contribution >= 0.6 is 11.6 Å². The molecule has 3 aromatic rings. The molecule has 37 heavy (non-hydrogen) atoms. The molecule has 0 radical (unpaired) electrons. The zero-order valence-corrected chi connectivity index (χ0v) is 22.2. The van der Waals surface area contributed by atoms with Crippen molar-refractivity contribution in [2.24, 2.45) is 0 Å². The molecule has 3 amide bonds. The van der Waals surface area contributed by atoms with Crippen molar-refractivity contribution in [2.45, 2.75) is 65.1 Å². The van der Waals surface area contributed by atoms with E-state index in [1.807, 2.05) is 26.8 Å². The van der Waals surface area contributed by atoms with Crippen LogP contribution in [0.1, 0.15) is 63.0 Å². The Morgan fingerprint density at radius 1 is 1.14 bits per heavy atom. The summed E-state index contributed by atoms with van der Waals surface area (Å²) >= 11 is 6.53. The highest BCUT2D eigenvalue weighted by Crippen LogP contribution is 2.31. The second-order valence-electron chi connectivity index (χ2n) is 9.40. The molecule has 0 spiro atoms. The Hall–Kier alpha value is -3.72. The highest BCUT2D eigenvalue weighted by atomic mass is 35.5. The molecule has 0 saturated carbocycles. The summed E-state index contributed by atoms with van der Waals surface area (Å²) in [5.74, 6) is -0.312. The summed E-state index contributed by atoms with van der Waals surface area (Å²) in [4.78, 5) is 45.4. The van der Waals surface area contributed by atoms with Gasteiger partial charge in [0.25, 0.3) is 0 Å². The van der Waals surface area contributed by atoms with E-state index in [1.54, 1.807) is 55.7 Å². The molecule has 1 atom stereocenters. The van der Waals surface area contributed by atoms with Gasteiger partial charge in [0.1, 0.15) is 11.8 Å². The van der Waals surface area contributed by atoms with Crippen LogP contribution in [0.2, 0.25) is 5.02 Å². The van der Waals surface area contributed by atoms with Crippen LogP contribution in [-0.2, 0) is 20.9 Å². The number of pyridine rings is 1. The molecule has 2 N–H and O–H groups in total. The Morgan fingerprint density at radius 2 is 1.89 bits per heavy atom. The van der Waals surface area contributed by atoms with Crippen molar-refractivity contribution >= 4 is 35.1 Å². The minimum Gasteiger partial charge on any atom is -0.360 e. The number of rotatable bonds is 11. The number of nitrogens with zero attached hydrogens (tertiary/aromatic N) is 3. The maximum Gasteiger partial charge on any atom is 0.247 e. The van der Waals surface area contributed by atoms with Crippen molar-refractivity contribution in [3.05, 3.63) is 76.8 Å². The lowest BCUT2D eigenvalue weighted by Gasteiger charge is -2.35. The minimum absolute atomic E-state index is 0.104. The number of aryl methyl sites for hydroxylation is 1. The summed E-state index contributed by atoms with van der Waals surface area (Å²) < 4.78 is 4.96. The molecule has 0 aliphatic rings. The van der Waals surface area contributed by atoms with Crippen molar-refractivity contribution in [1.82, 2.24) is 20.4 Å². The maximum absolute atomic E-state index is 13.7. The fraction of sp³-hybridized carbons (Fsp3) is 0.370. The Balaban J connectivity index is 1.91. The molecule has 10 heteroatoms. The van der Waals surface area contributed by atoms with Crippen molar-refractivity contribution < 1.29 is 18.9 Å². The van der Waals surface area contributed by atoms with Crippen LogP contribution in [0.4, 0.5) is 5.82 Å². The van der Waals surface area contributed by atoms with E-state index in [4.69, 9.17) is 16.1 Å². The van der Waals surface area contributed by atoms with Crippen LogP contribution < -0.4 is 10.6 Å². The fourth-order valence-corrected chi connectivity index (χ4v) is 3.88. The predicted octanol–water partition coefficient (Wildman–Crippen LogP) is 4.83. The first kappa shape index (κ1) is 27.9. The van der Waals surface area contributed by atoms with E-state index >= 15 is 0 Å². The standard InChI is InChI=1S/C27H32ClN5O4/c1-5-27(3,4)31-26(36)25(20-10-6-7-11-21(20)28)33(17-19-9-8-14-29-16-19)24(35)13-12-23(34)30-22-15-18(2)37-32-22/h6-11,14-16,25H,5,12-13,17H2,1-4H3,(H,31,36)(H,30,32,34)/t25-/m1/s1. The van der Waals surface area contributed by atoms with E-state index in [-0.39, 0.29) is 37.0 Å². The van der Waals surface area contributed by atoms with E-state index in [1.165, 1.54) is 4.90 Å². The Labute approximate surface area is 221 Å². The van der Waals surface area contributed by atoms with Crippen molar-refractivity contribution in [2.75, 3.05) is 5.32 Å². The van der Waals surface area contributed by atoms with Crippen molar-refractivity contribution in [3.63, 3.8) is 0 Å². The number of halogens is 1. The maximum atomic E-state index is 13.7. The summed E-state index contributed by atoms with van der Waals surface area (Å²) in [5.41, 5.74) is 0.723. The summed E-state index contributed by atoms with van der Waals surface area (Å²) in [6.45, 7) is 7.61. The van der Waals surface area contributed by atoms with E-state index in [0.717, 1.165) is 5.56 Å². The summed E-state index contributed by atoms with van der Waals surface area (Å²) in [6, 6.07) is 11.1. The largest absolute Gasteiger partial charge is 0.360 e. The van der Waals surface area contributed by atoms with Crippen LogP contribution in [0, 0.1) is 6.92 Å². The van der Waals surface area contributed by atoms with Gasteiger partial charge in [-0.05, 0) is 44.9 Å². The van der Waals surface area contributed by atoms with Gasteiger partial charge in [-0.15, -0.1) is 0 Å². The average molecular weight is 526 g/mol. The highest BCUT2D eigenvalue weighted by molar-refractivity contribution is 6.31. The lowest BCUT2D eigenvalue weighted by atomic mass is 9.98. The molecule has 2 aromatic heterocycles. The van der Waals surface area contributed by atoms with E-state index in [9.17, 15) is 14.4 Å². The lowest BCUT2D eigenvalue weighted by Crippen LogP contribution is -2.50. The van der Waals surface area contributed by atoms with Crippen molar-refractivity contribution in [3.8, 4) is 0 Å². The van der Waals surface area contributed by atoms with Crippen LogP contribution in [0.5, 0.6) is 0 Å². The number of hydrogen-bond donors (Lipinski definition) is 2. The summed E-state index contributed by atoms with van der Waals surface area (Å²) in [7, 11) is 0. The third kappa shape index (κ3) is 7.88. The zero-order chi connectivity index (χ0) is 27.0. The lowest BCUT2D eigenvalue weighted by molar-refractivity contribution is -0.142. The molecular weight excluding hydrogens is 494 g/mol. The van der Waals surface area contributed by atoms with Gasteiger partial charge >= 0.3 is 0 Å². The number of anilines is 1. The molecule has 0 fully saturated rings.